The highest BCUT2D eigenvalue weighted by Gasteiger charge is 2.47. The molecule has 0 aliphatic carbocycles. The molecule has 2 atom stereocenters. The number of amides is 1. The smallest absolute Gasteiger partial charge is 0.412 e. The van der Waals surface area contributed by atoms with E-state index in [9.17, 15) is 14.4 Å². The molecule has 1 saturated heterocycles. The molecule has 1 aromatic carbocycles. The predicted molar refractivity (Wildman–Crippen MR) is 123 cm³/mol. The van der Waals surface area contributed by atoms with Crippen molar-refractivity contribution in [3.8, 4) is 11.8 Å². The first-order chi connectivity index (χ1) is 15.3. The van der Waals surface area contributed by atoms with Gasteiger partial charge in [0, 0.05) is 12.5 Å². The average Bonchev–Trinajstić information content (AvgIpc) is 3.24. The number of thiazole rings is 1. The lowest BCUT2D eigenvalue weighted by atomic mass is 10.1. The van der Waals surface area contributed by atoms with Crippen molar-refractivity contribution in [1.29, 1.82) is 5.26 Å². The molecule has 0 spiro atoms. The molecule has 0 radical (unpaired) electrons. The average molecular weight is 516 g/mol. The molecule has 1 aliphatic rings. The van der Waals surface area contributed by atoms with E-state index in [0.29, 0.717) is 4.88 Å². The molecule has 2 aromatic rings. The van der Waals surface area contributed by atoms with Crippen molar-refractivity contribution in [2.45, 2.75) is 64.5 Å². The third-order valence-electron chi connectivity index (χ3n) is 4.90. The maximum Gasteiger partial charge on any atom is 0.412 e. The van der Waals surface area contributed by atoms with Crippen LogP contribution in [-0.2, 0) is 9.47 Å². The Balaban J connectivity index is 1.95. The number of carbonyl (C=O) groups is 1. The Labute approximate surface area is 206 Å². The molecular weight excluding hydrogens is 492 g/mol. The summed E-state index contributed by atoms with van der Waals surface area (Å²) in [6.45, 7) is 9.15. The third-order valence-corrected chi connectivity index (χ3v) is 6.53. The molecule has 1 aromatic heterocycles. The highest BCUT2D eigenvalue weighted by Crippen LogP contribution is 2.40. The van der Waals surface area contributed by atoms with Gasteiger partial charge in [-0.05, 0) is 40.7 Å². The Hall–Kier alpha value is -2.12. The van der Waals surface area contributed by atoms with Crippen LogP contribution in [0.2, 0.25) is 10.2 Å². The minimum Gasteiger partial charge on any atom is -0.483 e. The summed E-state index contributed by atoms with van der Waals surface area (Å²) >= 11 is 13.5. The Morgan fingerprint density at radius 1 is 1.45 bits per heavy atom. The maximum atomic E-state index is 13.9. The molecule has 1 amide bonds. The lowest BCUT2D eigenvalue weighted by Gasteiger charge is -2.36. The van der Waals surface area contributed by atoms with E-state index in [1.165, 1.54) is 22.3 Å². The molecular formula is C22H24Cl2FN3O4S. The molecule has 7 nitrogen and oxygen atoms in total. The summed E-state index contributed by atoms with van der Waals surface area (Å²) in [7, 11) is 0. The van der Waals surface area contributed by atoms with Gasteiger partial charge in [-0.2, -0.15) is 5.26 Å². The van der Waals surface area contributed by atoms with Gasteiger partial charge in [0.25, 0.3) is 0 Å². The Bertz CT molecular complexity index is 1080. The summed E-state index contributed by atoms with van der Waals surface area (Å²) in [5.74, 6) is -0.629. The molecule has 0 bridgehead atoms. The first kappa shape index (κ1) is 25.5. The molecule has 3 rings (SSSR count). The van der Waals surface area contributed by atoms with Gasteiger partial charge in [-0.15, -0.1) is 11.3 Å². The van der Waals surface area contributed by atoms with Gasteiger partial charge in [0.15, 0.2) is 0 Å². The van der Waals surface area contributed by atoms with E-state index in [1.807, 2.05) is 6.07 Å². The normalized spacial score (nSPS) is 18.6. The minimum atomic E-state index is -0.911. The number of ether oxygens (including phenoxy) is 3. The van der Waals surface area contributed by atoms with E-state index in [2.05, 4.69) is 4.98 Å². The lowest BCUT2D eigenvalue weighted by Crippen LogP contribution is -2.50. The summed E-state index contributed by atoms with van der Waals surface area (Å²) in [5.41, 5.74) is -0.0533. The standard InChI is InChI=1S/C22H24Cl2FN3O4S/c1-21(2,3)32-20(29)28-13(10-30-22(28,4)5)7-17(18-19(24)27-11-33-18)31-16-8-14(23)15(25)6-12(16)9-26/h6,8,11,13,17H,7,10H2,1-5H3/t13?,17-/m1/s1. The van der Waals surface area contributed by atoms with Crippen molar-refractivity contribution in [3.05, 3.63) is 44.1 Å². The highest BCUT2D eigenvalue weighted by molar-refractivity contribution is 7.10. The SMILES string of the molecule is CC(C)(C)OC(=O)N1C(C[C@@H](Oc2cc(Cl)c(F)cc2C#N)c2scnc2Cl)COC1(C)C. The molecule has 0 saturated carbocycles. The zero-order valence-electron chi connectivity index (χ0n) is 18.8. The van der Waals surface area contributed by atoms with Crippen LogP contribution in [0.1, 0.15) is 57.6 Å². The van der Waals surface area contributed by atoms with E-state index in [1.54, 1.807) is 40.1 Å². The summed E-state index contributed by atoms with van der Waals surface area (Å²) in [4.78, 5) is 19.2. The topological polar surface area (TPSA) is 84.7 Å². The van der Waals surface area contributed by atoms with E-state index in [-0.39, 0.29) is 34.5 Å². The van der Waals surface area contributed by atoms with Crippen LogP contribution in [0.25, 0.3) is 0 Å². The van der Waals surface area contributed by atoms with E-state index in [4.69, 9.17) is 37.4 Å². The highest BCUT2D eigenvalue weighted by atomic mass is 35.5. The number of nitriles is 1. The molecule has 1 aliphatic heterocycles. The molecule has 11 heteroatoms. The van der Waals surface area contributed by atoms with Crippen LogP contribution in [0.3, 0.4) is 0 Å². The minimum absolute atomic E-state index is 0.0189. The van der Waals surface area contributed by atoms with Gasteiger partial charge < -0.3 is 14.2 Å². The number of hydrogen-bond acceptors (Lipinski definition) is 7. The first-order valence-corrected chi connectivity index (χ1v) is 11.8. The number of carbonyl (C=O) groups excluding carboxylic acids is 1. The van der Waals surface area contributed by atoms with Crippen LogP contribution in [0.4, 0.5) is 9.18 Å². The van der Waals surface area contributed by atoms with Gasteiger partial charge in [0.2, 0.25) is 0 Å². The Kier molecular flexibility index (Phi) is 7.44. The second-order valence-electron chi connectivity index (χ2n) is 8.99. The zero-order chi connectivity index (χ0) is 24.6. The zero-order valence-corrected chi connectivity index (χ0v) is 21.1. The Morgan fingerprint density at radius 2 is 2.15 bits per heavy atom. The van der Waals surface area contributed by atoms with E-state index < -0.39 is 35.4 Å². The molecule has 1 fully saturated rings. The van der Waals surface area contributed by atoms with Crippen LogP contribution < -0.4 is 4.74 Å². The van der Waals surface area contributed by atoms with Crippen molar-refractivity contribution < 1.29 is 23.4 Å². The second kappa shape index (κ2) is 9.63. The van der Waals surface area contributed by atoms with Gasteiger partial charge in [0.1, 0.15) is 40.2 Å². The van der Waals surface area contributed by atoms with Crippen LogP contribution in [0.5, 0.6) is 5.75 Å². The molecule has 0 N–H and O–H groups in total. The van der Waals surface area contributed by atoms with Gasteiger partial charge in [0.05, 0.1) is 33.6 Å². The number of benzene rings is 1. The number of aromatic nitrogens is 1. The van der Waals surface area contributed by atoms with Crippen LogP contribution >= 0.6 is 34.5 Å². The van der Waals surface area contributed by atoms with Crippen LogP contribution in [-0.4, -0.2) is 40.0 Å². The molecule has 33 heavy (non-hydrogen) atoms. The fourth-order valence-electron chi connectivity index (χ4n) is 3.51. The molecule has 1 unspecified atom stereocenters. The summed E-state index contributed by atoms with van der Waals surface area (Å²) in [6, 6.07) is 3.74. The number of halogens is 3. The fourth-order valence-corrected chi connectivity index (χ4v) is 4.74. The number of hydrogen-bond donors (Lipinski definition) is 0. The molecule has 178 valence electrons. The van der Waals surface area contributed by atoms with Crippen molar-refractivity contribution in [2.75, 3.05) is 6.61 Å². The quantitative estimate of drug-likeness (QED) is 0.461. The fraction of sp³-hybridized carbons (Fsp3) is 0.500. The predicted octanol–water partition coefficient (Wildman–Crippen LogP) is 6.34. The van der Waals surface area contributed by atoms with Crippen molar-refractivity contribution in [3.63, 3.8) is 0 Å². The van der Waals surface area contributed by atoms with E-state index >= 15 is 0 Å². The van der Waals surface area contributed by atoms with Gasteiger partial charge in [-0.25, -0.2) is 14.2 Å². The largest absolute Gasteiger partial charge is 0.483 e. The Morgan fingerprint density at radius 3 is 2.73 bits per heavy atom. The van der Waals surface area contributed by atoms with E-state index in [0.717, 1.165) is 6.07 Å². The second-order valence-corrected chi connectivity index (χ2v) is 10.6. The summed E-state index contributed by atoms with van der Waals surface area (Å²) in [5, 5.41) is 9.50. The van der Waals surface area contributed by atoms with Gasteiger partial charge in [-0.1, -0.05) is 23.2 Å². The summed E-state index contributed by atoms with van der Waals surface area (Å²) in [6.07, 6.45) is -0.984. The van der Waals surface area contributed by atoms with Gasteiger partial charge >= 0.3 is 6.09 Å². The monoisotopic (exact) mass is 515 g/mol. The van der Waals surface area contributed by atoms with Gasteiger partial charge in [-0.3, -0.25) is 4.90 Å². The third kappa shape index (κ3) is 5.87. The molecule has 2 heterocycles. The summed E-state index contributed by atoms with van der Waals surface area (Å²) < 4.78 is 31.5. The van der Waals surface area contributed by atoms with Crippen molar-refractivity contribution in [1.82, 2.24) is 9.88 Å². The van der Waals surface area contributed by atoms with Crippen molar-refractivity contribution >= 4 is 40.6 Å². The first-order valence-electron chi connectivity index (χ1n) is 10.1. The number of rotatable bonds is 5. The lowest BCUT2D eigenvalue weighted by molar-refractivity contribution is -0.0635. The number of nitrogens with zero attached hydrogens (tertiary/aromatic N) is 3. The van der Waals surface area contributed by atoms with Crippen molar-refractivity contribution in [2.24, 2.45) is 0 Å². The van der Waals surface area contributed by atoms with Crippen LogP contribution in [0.15, 0.2) is 17.6 Å². The maximum absolute atomic E-state index is 13.9. The van der Waals surface area contributed by atoms with Crippen LogP contribution in [0, 0.1) is 17.1 Å².